The van der Waals surface area contributed by atoms with Crippen LogP contribution in [0, 0.1) is 12.8 Å². The number of likely N-dealkylation sites (tertiary alicyclic amines) is 1. The van der Waals surface area contributed by atoms with Crippen molar-refractivity contribution in [3.05, 3.63) is 54.4 Å². The van der Waals surface area contributed by atoms with Crippen LogP contribution < -0.4 is 5.32 Å². The van der Waals surface area contributed by atoms with Gasteiger partial charge in [-0.3, -0.25) is 9.59 Å². The molecule has 7 nitrogen and oxygen atoms in total. The van der Waals surface area contributed by atoms with Gasteiger partial charge in [0.15, 0.2) is 0 Å². The average molecular weight is 406 g/mol. The largest absolute Gasteiger partial charge is 0.383 e. The predicted octanol–water partition coefficient (Wildman–Crippen LogP) is 3.13. The Hall–Kier alpha value is -3.19. The van der Waals surface area contributed by atoms with Gasteiger partial charge >= 0.3 is 0 Å². The number of nitrogens with one attached hydrogen (secondary N) is 1. The molecule has 0 radical (unpaired) electrons. The Kier molecular flexibility index (Phi) is 5.81. The summed E-state index contributed by atoms with van der Waals surface area (Å²) in [5, 5.41) is 2.98. The first-order valence-corrected chi connectivity index (χ1v) is 10.2. The lowest BCUT2D eigenvalue weighted by Gasteiger charge is -2.31. The van der Waals surface area contributed by atoms with Crippen LogP contribution in [0.2, 0.25) is 0 Å². The third-order valence-electron chi connectivity index (χ3n) is 5.50. The number of fused-ring (bicyclic) bond motifs is 1. The van der Waals surface area contributed by atoms with Crippen LogP contribution >= 0.6 is 0 Å². The van der Waals surface area contributed by atoms with Crippen molar-refractivity contribution >= 4 is 23.1 Å². The Bertz CT molecular complexity index is 1060. The molecule has 1 fully saturated rings. The minimum absolute atomic E-state index is 0.0547. The molecule has 30 heavy (non-hydrogen) atoms. The van der Waals surface area contributed by atoms with Gasteiger partial charge < -0.3 is 19.4 Å². The topological polar surface area (TPSA) is 75.9 Å². The van der Waals surface area contributed by atoms with Crippen LogP contribution in [0.5, 0.6) is 0 Å². The molecule has 0 aliphatic carbocycles. The minimum atomic E-state index is -0.207. The van der Waals surface area contributed by atoms with Gasteiger partial charge in [-0.05, 0) is 43.2 Å². The highest BCUT2D eigenvalue weighted by Crippen LogP contribution is 2.23. The van der Waals surface area contributed by atoms with E-state index in [1.807, 2.05) is 60.1 Å². The first-order chi connectivity index (χ1) is 14.5. The molecule has 3 heterocycles. The van der Waals surface area contributed by atoms with Crippen molar-refractivity contribution in [1.82, 2.24) is 14.3 Å². The number of amides is 2. The van der Waals surface area contributed by atoms with E-state index in [4.69, 9.17) is 4.74 Å². The van der Waals surface area contributed by atoms with Crippen molar-refractivity contribution in [3.63, 3.8) is 0 Å². The van der Waals surface area contributed by atoms with Crippen LogP contribution in [-0.2, 0) is 14.3 Å². The maximum atomic E-state index is 12.7. The molecule has 0 bridgehead atoms. The molecule has 1 N–H and O–H groups in total. The zero-order valence-corrected chi connectivity index (χ0v) is 17.3. The summed E-state index contributed by atoms with van der Waals surface area (Å²) in [4.78, 5) is 31.1. The van der Waals surface area contributed by atoms with Crippen LogP contribution in [0.3, 0.4) is 0 Å². The number of carbonyl (C=O) groups is 2. The van der Waals surface area contributed by atoms with Gasteiger partial charge in [-0.25, -0.2) is 4.98 Å². The lowest BCUT2D eigenvalue weighted by atomic mass is 9.96. The smallest absolute Gasteiger partial charge is 0.229 e. The molecule has 1 aliphatic heterocycles. The Labute approximate surface area is 175 Å². The van der Waals surface area contributed by atoms with E-state index in [9.17, 15) is 9.59 Å². The highest BCUT2D eigenvalue weighted by atomic mass is 16.5. The number of carbonyl (C=O) groups excluding carboxylic acids is 2. The summed E-state index contributed by atoms with van der Waals surface area (Å²) >= 11 is 0. The number of benzene rings is 1. The van der Waals surface area contributed by atoms with Crippen molar-refractivity contribution in [2.24, 2.45) is 5.92 Å². The van der Waals surface area contributed by atoms with Crippen LogP contribution in [0.15, 0.2) is 48.8 Å². The fraction of sp³-hybridized carbons (Fsp3) is 0.348. The molecule has 1 aliphatic rings. The predicted molar refractivity (Wildman–Crippen MR) is 115 cm³/mol. The van der Waals surface area contributed by atoms with Gasteiger partial charge in [0, 0.05) is 50.3 Å². The number of anilines is 1. The van der Waals surface area contributed by atoms with Crippen LogP contribution in [0.1, 0.15) is 18.4 Å². The maximum Gasteiger partial charge on any atom is 0.229 e. The fourth-order valence-corrected chi connectivity index (χ4v) is 3.74. The number of hydrogen-bond acceptors (Lipinski definition) is 4. The fourth-order valence-electron chi connectivity index (χ4n) is 3.74. The second-order valence-electron chi connectivity index (χ2n) is 7.73. The van der Waals surface area contributed by atoms with Gasteiger partial charge in [0.1, 0.15) is 5.65 Å². The van der Waals surface area contributed by atoms with Crippen molar-refractivity contribution in [3.8, 4) is 11.3 Å². The summed E-state index contributed by atoms with van der Waals surface area (Å²) in [5.74, 6) is -0.176. The zero-order chi connectivity index (χ0) is 21.1. The second-order valence-corrected chi connectivity index (χ2v) is 7.73. The molecular weight excluding hydrogens is 380 g/mol. The van der Waals surface area contributed by atoms with Crippen molar-refractivity contribution < 1.29 is 14.3 Å². The molecule has 1 unspecified atom stereocenters. The quantitative estimate of drug-likeness (QED) is 0.682. The van der Waals surface area contributed by atoms with E-state index in [0.717, 1.165) is 22.6 Å². The summed E-state index contributed by atoms with van der Waals surface area (Å²) in [6, 6.07) is 11.8. The summed E-state index contributed by atoms with van der Waals surface area (Å²) in [7, 11) is 1.61. The summed E-state index contributed by atoms with van der Waals surface area (Å²) in [6.45, 7) is 3.48. The molecule has 7 heteroatoms. The third kappa shape index (κ3) is 4.36. The first kappa shape index (κ1) is 20.1. The summed E-state index contributed by atoms with van der Waals surface area (Å²) in [5.41, 5.74) is 4.69. The van der Waals surface area contributed by atoms with Crippen LogP contribution in [-0.4, -0.2) is 52.9 Å². The molecule has 1 aromatic carbocycles. The monoisotopic (exact) mass is 406 g/mol. The average Bonchev–Trinajstić information content (AvgIpc) is 3.16. The summed E-state index contributed by atoms with van der Waals surface area (Å²) < 4.78 is 7.05. The number of aromatic nitrogens is 2. The standard InChI is InChI=1S/C23H26N4O3/c1-16-9-10-26-15-20(25-21(26)13-16)17-3-6-19(7-4-17)24-23(29)18-5-8-22(28)27(14-18)11-12-30-2/h3-4,6-7,9-10,13,15,18H,5,8,11-12,14H2,1-2H3,(H,24,29). The number of piperidine rings is 1. The Morgan fingerprint density at radius 1 is 1.27 bits per heavy atom. The van der Waals surface area contributed by atoms with Gasteiger partial charge in [0.05, 0.1) is 18.2 Å². The van der Waals surface area contributed by atoms with Gasteiger partial charge in [0.25, 0.3) is 0 Å². The lowest BCUT2D eigenvalue weighted by Crippen LogP contribution is -2.45. The van der Waals surface area contributed by atoms with E-state index in [-0.39, 0.29) is 17.7 Å². The van der Waals surface area contributed by atoms with Crippen molar-refractivity contribution in [2.45, 2.75) is 19.8 Å². The summed E-state index contributed by atoms with van der Waals surface area (Å²) in [6.07, 6.45) is 4.97. The molecule has 2 aromatic heterocycles. The zero-order valence-electron chi connectivity index (χ0n) is 17.3. The molecule has 1 saturated heterocycles. The van der Waals surface area contributed by atoms with E-state index >= 15 is 0 Å². The third-order valence-corrected chi connectivity index (χ3v) is 5.50. The molecule has 3 aromatic rings. The lowest BCUT2D eigenvalue weighted by molar-refractivity contribution is -0.137. The van der Waals surface area contributed by atoms with Gasteiger partial charge in [-0.2, -0.15) is 0 Å². The SMILES string of the molecule is COCCN1CC(C(=O)Nc2ccc(-c3cn4ccc(C)cc4n3)cc2)CCC1=O. The number of hydrogen-bond donors (Lipinski definition) is 1. The molecule has 4 rings (SSSR count). The minimum Gasteiger partial charge on any atom is -0.383 e. The molecule has 2 amide bonds. The number of ether oxygens (including phenoxy) is 1. The molecular formula is C23H26N4O3. The molecule has 1 atom stereocenters. The van der Waals surface area contributed by atoms with E-state index in [2.05, 4.69) is 10.3 Å². The molecule has 0 saturated carbocycles. The molecule has 156 valence electrons. The second kappa shape index (κ2) is 8.67. The van der Waals surface area contributed by atoms with Crippen LogP contribution in [0.25, 0.3) is 16.9 Å². The highest BCUT2D eigenvalue weighted by Gasteiger charge is 2.30. The number of imidazole rings is 1. The maximum absolute atomic E-state index is 12.7. The Balaban J connectivity index is 1.41. The van der Waals surface area contributed by atoms with E-state index < -0.39 is 0 Å². The number of aryl methyl sites for hydroxylation is 1. The van der Waals surface area contributed by atoms with Crippen molar-refractivity contribution in [2.75, 3.05) is 32.1 Å². The first-order valence-electron chi connectivity index (χ1n) is 10.2. The Morgan fingerprint density at radius 2 is 2.07 bits per heavy atom. The highest BCUT2D eigenvalue weighted by molar-refractivity contribution is 5.94. The Morgan fingerprint density at radius 3 is 2.83 bits per heavy atom. The van der Waals surface area contributed by atoms with Gasteiger partial charge in [-0.15, -0.1) is 0 Å². The van der Waals surface area contributed by atoms with E-state index in [1.165, 1.54) is 5.56 Å². The van der Waals surface area contributed by atoms with Gasteiger partial charge in [0.2, 0.25) is 11.8 Å². The van der Waals surface area contributed by atoms with Gasteiger partial charge in [-0.1, -0.05) is 12.1 Å². The number of rotatable bonds is 6. The van der Waals surface area contributed by atoms with Crippen LogP contribution in [0.4, 0.5) is 5.69 Å². The number of pyridine rings is 1. The van der Waals surface area contributed by atoms with E-state index in [1.54, 1.807) is 12.0 Å². The van der Waals surface area contributed by atoms with Crippen molar-refractivity contribution in [1.29, 1.82) is 0 Å². The normalized spacial score (nSPS) is 16.8. The number of nitrogens with zero attached hydrogens (tertiary/aromatic N) is 3. The van der Waals surface area contributed by atoms with E-state index in [0.29, 0.717) is 32.5 Å². The number of methoxy groups -OCH3 is 1. The molecule has 0 spiro atoms.